The third-order valence-electron chi connectivity index (χ3n) is 5.93. The Hall–Kier alpha value is -2.81. The molecular formula is C30H44N6OS. The molecule has 0 aliphatic carbocycles. The minimum atomic E-state index is 0.0365. The lowest BCUT2D eigenvalue weighted by molar-refractivity contribution is 0.238. The zero-order valence-corrected chi connectivity index (χ0v) is 24.9. The van der Waals surface area contributed by atoms with E-state index < -0.39 is 0 Å². The summed E-state index contributed by atoms with van der Waals surface area (Å²) in [7, 11) is 1.98. The van der Waals surface area contributed by atoms with Gasteiger partial charge in [-0.15, -0.1) is 0 Å². The summed E-state index contributed by atoms with van der Waals surface area (Å²) in [6, 6.07) is 16.4. The maximum absolute atomic E-state index is 5.95. The molecule has 7 nitrogen and oxygen atoms in total. The van der Waals surface area contributed by atoms with Crippen LogP contribution in [0.4, 0.5) is 23.1 Å². The number of benzene rings is 2. The molecule has 2 aromatic carbocycles. The van der Waals surface area contributed by atoms with E-state index in [1.165, 1.54) is 25.9 Å². The molecule has 8 heteroatoms. The van der Waals surface area contributed by atoms with Crippen molar-refractivity contribution in [2.24, 2.45) is 0 Å². The van der Waals surface area contributed by atoms with Crippen molar-refractivity contribution < 1.29 is 4.74 Å². The molecule has 0 radical (unpaired) electrons. The van der Waals surface area contributed by atoms with Crippen LogP contribution in [0.2, 0.25) is 0 Å². The lowest BCUT2D eigenvalue weighted by Gasteiger charge is -2.20. The highest BCUT2D eigenvalue weighted by molar-refractivity contribution is 7.97. The van der Waals surface area contributed by atoms with Gasteiger partial charge in [-0.2, -0.15) is 4.98 Å². The summed E-state index contributed by atoms with van der Waals surface area (Å²) in [5, 5.41) is 3.47. The van der Waals surface area contributed by atoms with Crippen LogP contribution in [-0.4, -0.2) is 53.7 Å². The van der Waals surface area contributed by atoms with Gasteiger partial charge in [0.15, 0.2) is 0 Å². The van der Waals surface area contributed by atoms with Crippen LogP contribution in [0.25, 0.3) is 0 Å². The number of rotatable bonds is 10. The summed E-state index contributed by atoms with van der Waals surface area (Å²) >= 11 is 1.63. The number of aryl methyl sites for hydroxylation is 1. The van der Waals surface area contributed by atoms with Gasteiger partial charge >= 0.3 is 0 Å². The van der Waals surface area contributed by atoms with Crippen LogP contribution in [0.5, 0.6) is 5.75 Å². The summed E-state index contributed by atoms with van der Waals surface area (Å²) in [4.78, 5) is 15.0. The van der Waals surface area contributed by atoms with Crippen molar-refractivity contribution >= 4 is 35.1 Å². The fourth-order valence-corrected chi connectivity index (χ4v) is 4.64. The number of hydrogen-bond donors (Lipinski definition) is 2. The number of nitrogens with zero attached hydrogens (tertiary/aromatic N) is 4. The van der Waals surface area contributed by atoms with Crippen molar-refractivity contribution in [1.82, 2.24) is 19.6 Å². The molecule has 1 fully saturated rings. The number of aromatic nitrogens is 2. The van der Waals surface area contributed by atoms with E-state index >= 15 is 0 Å². The maximum atomic E-state index is 5.95. The third kappa shape index (κ3) is 9.19. The molecule has 0 atom stereocenters. The molecular weight excluding hydrogens is 492 g/mol. The van der Waals surface area contributed by atoms with Crippen molar-refractivity contribution in [3.05, 3.63) is 60.3 Å². The molecule has 2 N–H and O–H groups in total. The summed E-state index contributed by atoms with van der Waals surface area (Å²) in [5.74, 6) is 2.31. The normalized spacial score (nSPS) is 13.6. The molecule has 1 aliphatic heterocycles. The molecule has 1 aromatic heterocycles. The molecule has 1 aliphatic rings. The van der Waals surface area contributed by atoms with Gasteiger partial charge in [0.25, 0.3) is 0 Å². The summed E-state index contributed by atoms with van der Waals surface area (Å²) < 4.78 is 9.40. The number of nitrogens with one attached hydrogen (secondary N) is 2. The lowest BCUT2D eigenvalue weighted by Crippen LogP contribution is -2.29. The zero-order valence-electron chi connectivity index (χ0n) is 24.0. The van der Waals surface area contributed by atoms with Gasteiger partial charge in [0.05, 0.1) is 0 Å². The molecule has 206 valence electrons. The highest BCUT2D eigenvalue weighted by Gasteiger charge is 2.13. The van der Waals surface area contributed by atoms with Crippen molar-refractivity contribution in [3.63, 3.8) is 0 Å². The Morgan fingerprint density at radius 2 is 1.76 bits per heavy atom. The first kappa shape index (κ1) is 29.7. The minimum absolute atomic E-state index is 0.0365. The fourth-order valence-electron chi connectivity index (χ4n) is 3.89. The van der Waals surface area contributed by atoms with Crippen LogP contribution in [-0.2, 0) is 0 Å². The van der Waals surface area contributed by atoms with Crippen molar-refractivity contribution in [2.45, 2.75) is 64.8 Å². The SMILES string of the molecule is CC.Cc1cnc(N(C)c2ccc(OCCN3CCCC3)cc2)nc1Nc1cccc(SNC(C)(C)C)c1. The quantitative estimate of drug-likeness (QED) is 0.264. The second-order valence-corrected chi connectivity index (χ2v) is 11.1. The van der Waals surface area contributed by atoms with Gasteiger partial charge in [-0.1, -0.05) is 19.9 Å². The minimum Gasteiger partial charge on any atom is -0.492 e. The average Bonchev–Trinajstić information content (AvgIpc) is 3.43. The number of likely N-dealkylation sites (tertiary alicyclic amines) is 1. The van der Waals surface area contributed by atoms with E-state index in [9.17, 15) is 0 Å². The van der Waals surface area contributed by atoms with Gasteiger partial charge in [0.2, 0.25) is 5.95 Å². The molecule has 4 rings (SSSR count). The monoisotopic (exact) mass is 536 g/mol. The molecule has 0 amide bonds. The third-order valence-corrected chi connectivity index (χ3v) is 7.13. The van der Waals surface area contributed by atoms with Crippen molar-refractivity contribution in [3.8, 4) is 5.75 Å². The van der Waals surface area contributed by atoms with E-state index in [1.54, 1.807) is 11.9 Å². The molecule has 0 saturated carbocycles. The highest BCUT2D eigenvalue weighted by Crippen LogP contribution is 2.28. The fraction of sp³-hybridized carbons (Fsp3) is 0.467. The van der Waals surface area contributed by atoms with Crippen LogP contribution in [0, 0.1) is 6.92 Å². The van der Waals surface area contributed by atoms with Crippen molar-refractivity contribution in [2.75, 3.05) is 43.5 Å². The average molecular weight is 537 g/mol. The zero-order chi connectivity index (χ0) is 27.5. The Balaban J connectivity index is 0.00000195. The van der Waals surface area contributed by atoms with E-state index in [4.69, 9.17) is 9.72 Å². The number of ether oxygens (including phenoxy) is 1. The number of hydrogen-bond acceptors (Lipinski definition) is 8. The van der Waals surface area contributed by atoms with Crippen LogP contribution >= 0.6 is 11.9 Å². The van der Waals surface area contributed by atoms with Gasteiger partial charge in [-0.25, -0.2) is 4.98 Å². The molecule has 0 spiro atoms. The molecule has 2 heterocycles. The van der Waals surface area contributed by atoms with Gasteiger partial charge in [0.1, 0.15) is 18.2 Å². The summed E-state index contributed by atoms with van der Waals surface area (Å²) in [6.07, 6.45) is 4.47. The largest absolute Gasteiger partial charge is 0.492 e. The summed E-state index contributed by atoms with van der Waals surface area (Å²) in [6.45, 7) is 16.6. The second kappa shape index (κ2) is 14.4. The predicted molar refractivity (Wildman–Crippen MR) is 162 cm³/mol. The van der Waals surface area contributed by atoms with E-state index in [1.807, 2.05) is 69.2 Å². The maximum Gasteiger partial charge on any atom is 0.231 e. The Bertz CT molecular complexity index is 1130. The van der Waals surface area contributed by atoms with Crippen LogP contribution in [0.3, 0.4) is 0 Å². The molecule has 38 heavy (non-hydrogen) atoms. The first-order valence-corrected chi connectivity index (χ1v) is 14.4. The predicted octanol–water partition coefficient (Wildman–Crippen LogP) is 7.19. The number of anilines is 4. The first-order chi connectivity index (χ1) is 18.3. The molecule has 0 unspecified atom stereocenters. The highest BCUT2D eigenvalue weighted by atomic mass is 32.2. The Morgan fingerprint density at radius 3 is 2.45 bits per heavy atom. The molecule has 3 aromatic rings. The van der Waals surface area contributed by atoms with Crippen LogP contribution < -0.4 is 19.7 Å². The van der Waals surface area contributed by atoms with Crippen molar-refractivity contribution in [1.29, 1.82) is 0 Å². The summed E-state index contributed by atoms with van der Waals surface area (Å²) in [5.41, 5.74) is 3.01. The van der Waals surface area contributed by atoms with E-state index in [0.717, 1.165) is 46.6 Å². The standard InChI is InChI=1S/C28H38N6OS.C2H6/c1-21-20-29-27(31-26(21)30-22-9-8-10-25(19-22)36-32-28(2,3)4)33(5)23-11-13-24(14-12-23)35-18-17-34-15-6-7-16-34;1-2/h8-14,19-20,32H,6-7,15-18H2,1-5H3,(H,29,30,31);1-2H3. The molecule has 1 saturated heterocycles. The smallest absolute Gasteiger partial charge is 0.231 e. The topological polar surface area (TPSA) is 65.5 Å². The molecule has 0 bridgehead atoms. The van der Waals surface area contributed by atoms with Gasteiger partial charge in [0, 0.05) is 47.2 Å². The van der Waals surface area contributed by atoms with Gasteiger partial charge < -0.3 is 15.0 Å². The van der Waals surface area contributed by atoms with E-state index in [0.29, 0.717) is 5.95 Å². The van der Waals surface area contributed by atoms with Crippen LogP contribution in [0.1, 0.15) is 53.0 Å². The van der Waals surface area contributed by atoms with Crippen LogP contribution in [0.15, 0.2) is 59.6 Å². The second-order valence-electron chi connectivity index (χ2n) is 10.3. The van der Waals surface area contributed by atoms with E-state index in [-0.39, 0.29) is 5.54 Å². The Kier molecular flexibility index (Phi) is 11.2. The van der Waals surface area contributed by atoms with E-state index in [2.05, 4.69) is 58.9 Å². The lowest BCUT2D eigenvalue weighted by atomic mass is 10.1. The van der Waals surface area contributed by atoms with Gasteiger partial charge in [-0.05, 0) is 108 Å². The Labute approximate surface area is 233 Å². The first-order valence-electron chi connectivity index (χ1n) is 13.6. The van der Waals surface area contributed by atoms with Gasteiger partial charge in [-0.3, -0.25) is 9.62 Å². The Morgan fingerprint density at radius 1 is 1.05 bits per heavy atom.